The van der Waals surface area contributed by atoms with Crippen molar-refractivity contribution in [1.82, 2.24) is 14.8 Å². The number of hydrogen-bond donors (Lipinski definition) is 2. The third-order valence-corrected chi connectivity index (χ3v) is 5.71. The van der Waals surface area contributed by atoms with E-state index in [4.69, 9.17) is 0 Å². The van der Waals surface area contributed by atoms with Gasteiger partial charge in [-0.25, -0.2) is 0 Å². The quantitative estimate of drug-likeness (QED) is 0.876. The topological polar surface area (TPSA) is 57.5 Å². The van der Waals surface area contributed by atoms with Gasteiger partial charge in [-0.05, 0) is 30.9 Å². The smallest absolute Gasteiger partial charge is 0.270 e. The Morgan fingerprint density at radius 2 is 2.04 bits per heavy atom. The number of aliphatic hydroxyl groups is 1. The van der Waals surface area contributed by atoms with E-state index in [-0.39, 0.29) is 5.91 Å². The number of carbonyl (C=O) groups excluding carboxylic acids is 1. The van der Waals surface area contributed by atoms with Gasteiger partial charge in [-0.15, -0.1) is 0 Å². The Hall–Kier alpha value is -1.85. The maximum Gasteiger partial charge on any atom is 0.270 e. The van der Waals surface area contributed by atoms with E-state index in [9.17, 15) is 9.90 Å². The minimum atomic E-state index is -0.500. The highest BCUT2D eigenvalue weighted by Gasteiger charge is 2.29. The summed E-state index contributed by atoms with van der Waals surface area (Å²) < 4.78 is 2.03. The first kappa shape index (κ1) is 16.6. The first-order valence-corrected chi connectivity index (χ1v) is 9.42. The number of nitrogens with zero attached hydrogens (tertiary/aromatic N) is 2. The number of hydrogen-bond acceptors (Lipinski definition) is 3. The normalized spacial score (nSPS) is 19.6. The van der Waals surface area contributed by atoms with Crippen LogP contribution in [0.15, 0.2) is 24.3 Å². The highest BCUT2D eigenvalue weighted by atomic mass is 16.3. The van der Waals surface area contributed by atoms with Crippen LogP contribution in [-0.4, -0.2) is 52.8 Å². The summed E-state index contributed by atoms with van der Waals surface area (Å²) in [7, 11) is 1.85. The average molecular weight is 341 g/mol. The largest absolute Gasteiger partial charge is 0.390 e. The van der Waals surface area contributed by atoms with Crippen molar-refractivity contribution in [2.24, 2.45) is 0 Å². The number of benzene rings is 1. The molecule has 2 heterocycles. The van der Waals surface area contributed by atoms with E-state index in [1.165, 1.54) is 25.7 Å². The highest BCUT2D eigenvalue weighted by Crippen LogP contribution is 2.30. The molecule has 1 amide bonds. The van der Waals surface area contributed by atoms with E-state index in [0.717, 1.165) is 35.1 Å². The Kier molecular flexibility index (Phi) is 4.52. The molecule has 134 valence electrons. The Morgan fingerprint density at radius 3 is 2.84 bits per heavy atom. The van der Waals surface area contributed by atoms with E-state index in [0.29, 0.717) is 19.1 Å². The van der Waals surface area contributed by atoms with Crippen molar-refractivity contribution in [3.8, 4) is 0 Å². The molecule has 1 saturated carbocycles. The van der Waals surface area contributed by atoms with E-state index in [1.807, 2.05) is 23.7 Å². The van der Waals surface area contributed by atoms with Crippen molar-refractivity contribution in [3.05, 3.63) is 35.5 Å². The van der Waals surface area contributed by atoms with Crippen LogP contribution in [0.5, 0.6) is 0 Å². The maximum atomic E-state index is 12.8. The van der Waals surface area contributed by atoms with Gasteiger partial charge in [-0.3, -0.25) is 4.79 Å². The molecular formula is C20H27N3O2. The van der Waals surface area contributed by atoms with Crippen LogP contribution in [0.2, 0.25) is 0 Å². The Morgan fingerprint density at radius 1 is 1.28 bits per heavy atom. The molecule has 5 nitrogen and oxygen atoms in total. The molecule has 0 unspecified atom stereocenters. The van der Waals surface area contributed by atoms with Crippen molar-refractivity contribution >= 4 is 16.8 Å². The molecule has 0 radical (unpaired) electrons. The summed E-state index contributed by atoms with van der Waals surface area (Å²) in [6.45, 7) is 1.79. The lowest BCUT2D eigenvalue weighted by molar-refractivity contribution is 0.0763. The number of fused-ring (bicyclic) bond motifs is 3. The molecule has 1 aromatic carbocycles. The predicted molar refractivity (Wildman–Crippen MR) is 98.9 cm³/mol. The monoisotopic (exact) mass is 341 g/mol. The summed E-state index contributed by atoms with van der Waals surface area (Å²) in [5, 5.41) is 15.2. The van der Waals surface area contributed by atoms with Crippen LogP contribution in [0.1, 0.15) is 41.7 Å². The Labute approximate surface area is 148 Å². The number of carbonyl (C=O) groups is 1. The number of amides is 1. The molecule has 0 bridgehead atoms. The van der Waals surface area contributed by atoms with E-state index in [2.05, 4.69) is 17.4 Å². The van der Waals surface area contributed by atoms with Crippen LogP contribution in [-0.2, 0) is 13.0 Å². The number of likely N-dealkylation sites (N-methyl/N-ethyl adjacent to an activating group) is 1. The van der Waals surface area contributed by atoms with Crippen LogP contribution in [0.4, 0.5) is 0 Å². The lowest BCUT2D eigenvalue weighted by Gasteiger charge is -2.25. The first-order valence-electron chi connectivity index (χ1n) is 9.42. The fourth-order valence-corrected chi connectivity index (χ4v) is 4.33. The molecule has 1 aromatic heterocycles. The van der Waals surface area contributed by atoms with Crippen LogP contribution in [0.25, 0.3) is 10.9 Å². The minimum Gasteiger partial charge on any atom is -0.390 e. The maximum absolute atomic E-state index is 12.8. The number of aromatic nitrogens is 1. The van der Waals surface area contributed by atoms with Crippen molar-refractivity contribution in [1.29, 1.82) is 0 Å². The number of para-hydroxylation sites is 1. The summed E-state index contributed by atoms with van der Waals surface area (Å²) in [5.41, 5.74) is 2.94. The first-order chi connectivity index (χ1) is 12.1. The molecule has 0 spiro atoms. The van der Waals surface area contributed by atoms with Crippen LogP contribution >= 0.6 is 0 Å². The van der Waals surface area contributed by atoms with Crippen molar-refractivity contribution in [2.45, 2.75) is 50.8 Å². The van der Waals surface area contributed by atoms with Gasteiger partial charge < -0.3 is 19.9 Å². The van der Waals surface area contributed by atoms with Gasteiger partial charge in [0.05, 0.1) is 12.6 Å². The van der Waals surface area contributed by atoms with Crippen molar-refractivity contribution in [3.63, 3.8) is 0 Å². The van der Waals surface area contributed by atoms with Crippen molar-refractivity contribution in [2.75, 3.05) is 20.1 Å². The summed E-state index contributed by atoms with van der Waals surface area (Å²) in [6, 6.07) is 8.71. The molecule has 25 heavy (non-hydrogen) atoms. The molecule has 1 aliphatic heterocycles. The zero-order chi connectivity index (χ0) is 17.4. The second-order valence-electron chi connectivity index (χ2n) is 7.48. The second kappa shape index (κ2) is 6.81. The number of rotatable bonds is 5. The van der Waals surface area contributed by atoms with E-state index < -0.39 is 6.10 Å². The molecule has 5 heteroatoms. The number of nitrogens with one attached hydrogen (secondary N) is 1. The SMILES string of the molecule is CN1CCc2c(n(C[C@H](O)CNC3CCCC3)c3ccccc23)C1=O. The van der Waals surface area contributed by atoms with Gasteiger partial charge in [0.1, 0.15) is 5.69 Å². The van der Waals surface area contributed by atoms with Gasteiger partial charge in [0.15, 0.2) is 0 Å². The van der Waals surface area contributed by atoms with Gasteiger partial charge in [0.2, 0.25) is 0 Å². The fraction of sp³-hybridized carbons (Fsp3) is 0.550. The molecular weight excluding hydrogens is 314 g/mol. The summed E-state index contributed by atoms with van der Waals surface area (Å²) >= 11 is 0. The molecule has 1 atom stereocenters. The molecule has 1 aliphatic carbocycles. The van der Waals surface area contributed by atoms with Gasteiger partial charge in [0.25, 0.3) is 5.91 Å². The molecule has 2 aromatic rings. The lowest BCUT2D eigenvalue weighted by Crippen LogP contribution is -2.38. The van der Waals surface area contributed by atoms with Crippen molar-refractivity contribution < 1.29 is 9.90 Å². The summed E-state index contributed by atoms with van der Waals surface area (Å²) in [6.07, 6.45) is 5.35. The molecule has 4 rings (SSSR count). The molecule has 2 N–H and O–H groups in total. The van der Waals surface area contributed by atoms with Crippen LogP contribution in [0.3, 0.4) is 0 Å². The van der Waals surface area contributed by atoms with Crippen LogP contribution in [0, 0.1) is 0 Å². The van der Waals surface area contributed by atoms with Gasteiger partial charge in [0, 0.05) is 37.1 Å². The number of aliphatic hydroxyl groups excluding tert-OH is 1. The van der Waals surface area contributed by atoms with Gasteiger partial charge in [-0.2, -0.15) is 0 Å². The second-order valence-corrected chi connectivity index (χ2v) is 7.48. The standard InChI is InChI=1S/C20H27N3O2/c1-22-11-10-17-16-8-4-5-9-18(16)23(19(17)20(22)25)13-15(24)12-21-14-6-2-3-7-14/h4-5,8-9,14-15,21,24H,2-3,6-7,10-13H2,1H3/t15-/m1/s1. The average Bonchev–Trinajstić information content (AvgIpc) is 3.24. The minimum absolute atomic E-state index is 0.0633. The zero-order valence-electron chi connectivity index (χ0n) is 14.9. The summed E-state index contributed by atoms with van der Waals surface area (Å²) in [5.74, 6) is 0.0633. The predicted octanol–water partition coefficient (Wildman–Crippen LogP) is 2.16. The van der Waals surface area contributed by atoms with Crippen LogP contribution < -0.4 is 5.32 Å². The third kappa shape index (κ3) is 3.07. The van der Waals surface area contributed by atoms with E-state index >= 15 is 0 Å². The Bertz CT molecular complexity index is 777. The summed E-state index contributed by atoms with van der Waals surface area (Å²) in [4.78, 5) is 14.5. The highest BCUT2D eigenvalue weighted by molar-refractivity contribution is 6.02. The molecule has 0 saturated heterocycles. The zero-order valence-corrected chi connectivity index (χ0v) is 14.9. The molecule has 1 fully saturated rings. The fourth-order valence-electron chi connectivity index (χ4n) is 4.33. The van der Waals surface area contributed by atoms with E-state index in [1.54, 1.807) is 4.90 Å². The van der Waals surface area contributed by atoms with Gasteiger partial charge in [-0.1, -0.05) is 31.0 Å². The Balaban J connectivity index is 1.61. The lowest BCUT2D eigenvalue weighted by atomic mass is 10.0. The van der Waals surface area contributed by atoms with Gasteiger partial charge >= 0.3 is 0 Å². The third-order valence-electron chi connectivity index (χ3n) is 5.71. The molecule has 2 aliphatic rings.